The monoisotopic (exact) mass is 715 g/mol. The van der Waals surface area contributed by atoms with Gasteiger partial charge in [-0.05, 0) is 12.1 Å². The largest absolute Gasteiger partial charge is 0.255 e. The first kappa shape index (κ1) is 32.7. The van der Waals surface area contributed by atoms with Crippen molar-refractivity contribution in [3.8, 4) is 67.9 Å². The Balaban J connectivity index is 1.18. The predicted octanol–water partition coefficient (Wildman–Crippen LogP) is 12.1. The number of benzene rings is 7. The quantitative estimate of drug-likeness (QED) is 0.126. The number of rotatable bonds is 6. The van der Waals surface area contributed by atoms with Gasteiger partial charge in [0.1, 0.15) is 0 Å². The Morgan fingerprint density at radius 3 is 1.27 bits per heavy atom. The van der Waals surface area contributed by atoms with Crippen LogP contribution >= 0.6 is 0 Å². The standard InChI is InChI=1S/C49H29N7/c1-50-40-30-38-41(46-45(40)52-43(31-16-6-2-7-17-31)44(53-46)32-18-8-3-9-19-32)37-24-14-15-25-39(37)51-42(38)33-26-28-36(29-27-33)49-55-47(34-20-10-4-11-21-34)54-48(56-49)35-22-12-5-13-23-35/h2-30H. The van der Waals surface area contributed by atoms with Gasteiger partial charge in [-0.3, -0.25) is 4.98 Å². The van der Waals surface area contributed by atoms with E-state index >= 15 is 0 Å². The molecule has 10 aromatic rings. The summed E-state index contributed by atoms with van der Waals surface area (Å²) in [5, 5.41) is 2.67. The molecule has 0 amide bonds. The van der Waals surface area contributed by atoms with Crippen molar-refractivity contribution in [2.45, 2.75) is 0 Å². The smallest absolute Gasteiger partial charge is 0.215 e. The molecule has 0 atom stereocenters. The second-order valence-electron chi connectivity index (χ2n) is 13.4. The van der Waals surface area contributed by atoms with Gasteiger partial charge in [-0.2, -0.15) is 0 Å². The average molecular weight is 716 g/mol. The maximum Gasteiger partial charge on any atom is 0.215 e. The summed E-state index contributed by atoms with van der Waals surface area (Å²) < 4.78 is 0. The van der Waals surface area contributed by atoms with Gasteiger partial charge in [-0.1, -0.05) is 164 Å². The molecule has 3 aromatic heterocycles. The summed E-state index contributed by atoms with van der Waals surface area (Å²) in [5.41, 5.74) is 10.1. The number of hydrogen-bond acceptors (Lipinski definition) is 6. The van der Waals surface area contributed by atoms with Crippen molar-refractivity contribution in [3.05, 3.63) is 187 Å². The van der Waals surface area contributed by atoms with Crippen LogP contribution in [0.1, 0.15) is 0 Å². The zero-order chi connectivity index (χ0) is 37.4. The second-order valence-corrected chi connectivity index (χ2v) is 13.4. The first-order valence-electron chi connectivity index (χ1n) is 18.2. The van der Waals surface area contributed by atoms with E-state index in [-0.39, 0.29) is 0 Å². The lowest BCUT2D eigenvalue weighted by Crippen LogP contribution is -2.00. The van der Waals surface area contributed by atoms with Crippen molar-refractivity contribution in [1.29, 1.82) is 0 Å². The van der Waals surface area contributed by atoms with E-state index in [2.05, 4.69) is 10.9 Å². The molecule has 10 rings (SSSR count). The zero-order valence-corrected chi connectivity index (χ0v) is 29.9. The van der Waals surface area contributed by atoms with Crippen LogP contribution in [0.15, 0.2) is 176 Å². The number of hydrogen-bond donors (Lipinski definition) is 0. The first-order chi connectivity index (χ1) is 27.7. The number of pyridine rings is 1. The third-order valence-corrected chi connectivity index (χ3v) is 9.92. The Labute approximate surface area is 322 Å². The third kappa shape index (κ3) is 5.79. The lowest BCUT2D eigenvalue weighted by molar-refractivity contribution is 1.07. The summed E-state index contributed by atoms with van der Waals surface area (Å²) in [5.74, 6) is 1.77. The molecule has 0 aliphatic rings. The molecule has 0 saturated heterocycles. The molecule has 0 fully saturated rings. The summed E-state index contributed by atoms with van der Waals surface area (Å²) in [6, 6.07) is 58.2. The summed E-state index contributed by atoms with van der Waals surface area (Å²) in [7, 11) is 0. The van der Waals surface area contributed by atoms with Crippen LogP contribution in [-0.4, -0.2) is 29.9 Å². The van der Waals surface area contributed by atoms with Crippen molar-refractivity contribution in [2.75, 3.05) is 0 Å². The fraction of sp³-hybridized carbons (Fsp3) is 0. The maximum atomic E-state index is 8.33. The fourth-order valence-electron chi connectivity index (χ4n) is 7.23. The van der Waals surface area contributed by atoms with Gasteiger partial charge in [0.15, 0.2) is 17.5 Å². The minimum Gasteiger partial charge on any atom is -0.255 e. The zero-order valence-electron chi connectivity index (χ0n) is 29.9. The molecule has 260 valence electrons. The summed E-state index contributed by atoms with van der Waals surface area (Å²) in [4.78, 5) is 34.6. The van der Waals surface area contributed by atoms with Crippen LogP contribution in [0.2, 0.25) is 0 Å². The fourth-order valence-corrected chi connectivity index (χ4v) is 7.23. The molecular weight excluding hydrogens is 687 g/mol. The molecule has 0 aliphatic heterocycles. The SMILES string of the molecule is [C-]#[N+]c1cc2c(-c3ccc(-c4nc(-c5ccccc5)nc(-c5ccccc5)n4)cc3)nc3ccccc3c2c2nc(-c3ccccc3)c(-c3ccccc3)nc12. The highest BCUT2D eigenvalue weighted by atomic mass is 15.0. The normalized spacial score (nSPS) is 11.2. The van der Waals surface area contributed by atoms with E-state index < -0.39 is 0 Å². The van der Waals surface area contributed by atoms with Crippen LogP contribution in [0.25, 0.3) is 105 Å². The van der Waals surface area contributed by atoms with Gasteiger partial charge in [0.2, 0.25) is 5.69 Å². The summed E-state index contributed by atoms with van der Waals surface area (Å²) in [6.45, 7) is 8.33. The van der Waals surface area contributed by atoms with Crippen LogP contribution in [-0.2, 0) is 0 Å². The molecule has 7 aromatic carbocycles. The summed E-state index contributed by atoms with van der Waals surface area (Å²) in [6.07, 6.45) is 0. The van der Waals surface area contributed by atoms with E-state index in [4.69, 9.17) is 36.5 Å². The van der Waals surface area contributed by atoms with Crippen LogP contribution in [0.5, 0.6) is 0 Å². The number of fused-ring (bicyclic) bond motifs is 5. The van der Waals surface area contributed by atoms with E-state index in [0.29, 0.717) is 34.2 Å². The van der Waals surface area contributed by atoms with E-state index in [0.717, 1.165) is 72.1 Å². The molecule has 0 spiro atoms. The second kappa shape index (κ2) is 13.8. The molecule has 3 heterocycles. The van der Waals surface area contributed by atoms with Crippen molar-refractivity contribution in [3.63, 3.8) is 0 Å². The van der Waals surface area contributed by atoms with E-state index in [1.165, 1.54) is 0 Å². The minimum absolute atomic E-state index is 0.416. The van der Waals surface area contributed by atoms with Gasteiger partial charge >= 0.3 is 0 Å². The van der Waals surface area contributed by atoms with Gasteiger partial charge in [0.05, 0.1) is 40.2 Å². The number of para-hydroxylation sites is 1. The summed E-state index contributed by atoms with van der Waals surface area (Å²) >= 11 is 0. The van der Waals surface area contributed by atoms with Crippen molar-refractivity contribution >= 4 is 38.4 Å². The molecule has 0 bridgehead atoms. The molecule has 0 N–H and O–H groups in total. The maximum absolute atomic E-state index is 8.33. The average Bonchev–Trinajstić information content (AvgIpc) is 3.29. The highest BCUT2D eigenvalue weighted by Crippen LogP contribution is 2.42. The van der Waals surface area contributed by atoms with Crippen LogP contribution in [0.4, 0.5) is 5.69 Å². The Kier molecular flexibility index (Phi) is 8.05. The number of nitrogens with zero attached hydrogens (tertiary/aromatic N) is 7. The lowest BCUT2D eigenvalue weighted by atomic mass is 9.96. The molecule has 0 saturated carbocycles. The molecule has 0 aliphatic carbocycles. The molecule has 7 heteroatoms. The van der Waals surface area contributed by atoms with Gasteiger partial charge < -0.3 is 0 Å². The molecule has 7 nitrogen and oxygen atoms in total. The van der Waals surface area contributed by atoms with Crippen LogP contribution in [0, 0.1) is 6.57 Å². The topological polar surface area (TPSA) is 81.7 Å². The van der Waals surface area contributed by atoms with Gasteiger partial charge in [-0.15, -0.1) is 0 Å². The van der Waals surface area contributed by atoms with E-state index in [1.807, 2.05) is 170 Å². The lowest BCUT2D eigenvalue weighted by Gasteiger charge is -2.16. The number of aromatic nitrogens is 6. The Hall–Kier alpha value is -7.95. The Morgan fingerprint density at radius 1 is 0.339 bits per heavy atom. The van der Waals surface area contributed by atoms with Crippen molar-refractivity contribution in [1.82, 2.24) is 29.9 Å². The Morgan fingerprint density at radius 2 is 0.750 bits per heavy atom. The van der Waals surface area contributed by atoms with Gasteiger partial charge in [0.25, 0.3) is 0 Å². The van der Waals surface area contributed by atoms with E-state index in [9.17, 15) is 0 Å². The van der Waals surface area contributed by atoms with Gasteiger partial charge in [0, 0.05) is 49.5 Å². The van der Waals surface area contributed by atoms with E-state index in [1.54, 1.807) is 0 Å². The minimum atomic E-state index is 0.416. The van der Waals surface area contributed by atoms with Crippen molar-refractivity contribution in [2.24, 2.45) is 0 Å². The molecular formula is C49H29N7. The highest BCUT2D eigenvalue weighted by Gasteiger charge is 2.21. The van der Waals surface area contributed by atoms with Crippen molar-refractivity contribution < 1.29 is 0 Å². The van der Waals surface area contributed by atoms with Crippen LogP contribution in [0.3, 0.4) is 0 Å². The predicted molar refractivity (Wildman–Crippen MR) is 225 cm³/mol. The first-order valence-corrected chi connectivity index (χ1v) is 18.2. The molecule has 0 unspecified atom stereocenters. The highest BCUT2D eigenvalue weighted by molar-refractivity contribution is 6.23. The van der Waals surface area contributed by atoms with Gasteiger partial charge in [-0.25, -0.2) is 29.8 Å². The van der Waals surface area contributed by atoms with Crippen LogP contribution < -0.4 is 0 Å². The molecule has 56 heavy (non-hydrogen) atoms. The third-order valence-electron chi connectivity index (χ3n) is 9.92. The molecule has 0 radical (unpaired) electrons. The Bertz CT molecular complexity index is 3050.